The van der Waals surface area contributed by atoms with Crippen LogP contribution < -0.4 is 11.1 Å². The molecule has 1 aromatic rings. The number of nitrogens with one attached hydrogen (secondary N) is 1. The topological polar surface area (TPSA) is 98.3 Å². The lowest BCUT2D eigenvalue weighted by molar-refractivity contribution is -0.384. The highest BCUT2D eigenvalue weighted by atomic mass is 32.2. The molecule has 0 unspecified atom stereocenters. The fourth-order valence-electron chi connectivity index (χ4n) is 1.83. The molecule has 19 heavy (non-hydrogen) atoms. The summed E-state index contributed by atoms with van der Waals surface area (Å²) in [6.07, 6.45) is 4.28. The van der Waals surface area contributed by atoms with E-state index < -0.39 is 10.8 Å². The minimum absolute atomic E-state index is 0.117. The normalized spacial score (nSPS) is 15.8. The SMILES string of the molecule is CSC1(CNc2ccc(C(N)=O)cc2[N+](=O)[O-])CC1. The second kappa shape index (κ2) is 5.08. The van der Waals surface area contributed by atoms with E-state index in [0.29, 0.717) is 12.2 Å². The summed E-state index contributed by atoms with van der Waals surface area (Å²) in [4.78, 5) is 21.5. The van der Waals surface area contributed by atoms with E-state index in [1.54, 1.807) is 11.8 Å². The second-order valence-electron chi connectivity index (χ2n) is 4.59. The minimum atomic E-state index is -0.669. The second-order valence-corrected chi connectivity index (χ2v) is 5.87. The molecule has 0 spiro atoms. The van der Waals surface area contributed by atoms with Crippen molar-refractivity contribution in [2.24, 2.45) is 5.73 Å². The number of carbonyl (C=O) groups excluding carboxylic acids is 1. The van der Waals surface area contributed by atoms with Crippen molar-refractivity contribution in [2.75, 3.05) is 18.1 Å². The van der Waals surface area contributed by atoms with Crippen molar-refractivity contribution in [3.8, 4) is 0 Å². The van der Waals surface area contributed by atoms with Crippen LogP contribution in [0.5, 0.6) is 0 Å². The predicted molar refractivity (Wildman–Crippen MR) is 75.6 cm³/mol. The maximum atomic E-state index is 11.0. The van der Waals surface area contributed by atoms with Crippen LogP contribution in [0, 0.1) is 10.1 Å². The average molecular weight is 281 g/mol. The van der Waals surface area contributed by atoms with Gasteiger partial charge >= 0.3 is 0 Å². The summed E-state index contributed by atoms with van der Waals surface area (Å²) < 4.78 is 0.205. The molecule has 0 saturated heterocycles. The zero-order chi connectivity index (χ0) is 14.0. The standard InChI is InChI=1S/C12H15N3O3S/c1-19-12(4-5-12)7-14-9-3-2-8(11(13)16)6-10(9)15(17)18/h2-3,6,14H,4-5,7H2,1H3,(H2,13,16). The van der Waals surface area contributed by atoms with Crippen LogP contribution >= 0.6 is 11.8 Å². The third-order valence-electron chi connectivity index (χ3n) is 3.32. The van der Waals surface area contributed by atoms with E-state index in [4.69, 9.17) is 5.73 Å². The lowest BCUT2D eigenvalue weighted by atomic mass is 10.1. The van der Waals surface area contributed by atoms with Gasteiger partial charge in [0.05, 0.1) is 4.92 Å². The van der Waals surface area contributed by atoms with Gasteiger partial charge in [-0.3, -0.25) is 14.9 Å². The molecule has 2 rings (SSSR count). The van der Waals surface area contributed by atoms with Crippen LogP contribution in [0.4, 0.5) is 11.4 Å². The molecule has 0 radical (unpaired) electrons. The number of primary amides is 1. The Hall–Kier alpha value is -1.76. The molecule has 1 fully saturated rings. The van der Waals surface area contributed by atoms with Crippen molar-refractivity contribution in [3.63, 3.8) is 0 Å². The highest BCUT2D eigenvalue weighted by Crippen LogP contribution is 2.47. The van der Waals surface area contributed by atoms with Gasteiger partial charge < -0.3 is 11.1 Å². The number of anilines is 1. The monoisotopic (exact) mass is 281 g/mol. The Kier molecular flexibility index (Phi) is 3.66. The molecule has 1 amide bonds. The van der Waals surface area contributed by atoms with Crippen molar-refractivity contribution in [1.82, 2.24) is 0 Å². The Balaban J connectivity index is 2.19. The van der Waals surface area contributed by atoms with Crippen LogP contribution in [0.2, 0.25) is 0 Å². The first kappa shape index (κ1) is 13.7. The summed E-state index contributed by atoms with van der Waals surface area (Å²) in [5.41, 5.74) is 5.57. The number of nitrogens with two attached hydrogens (primary N) is 1. The summed E-state index contributed by atoms with van der Waals surface area (Å²) in [5.74, 6) is -0.669. The quantitative estimate of drug-likeness (QED) is 0.614. The first-order valence-electron chi connectivity index (χ1n) is 5.85. The van der Waals surface area contributed by atoms with Gasteiger partial charge in [-0.05, 0) is 31.2 Å². The van der Waals surface area contributed by atoms with Gasteiger partial charge in [0.2, 0.25) is 5.91 Å². The largest absolute Gasteiger partial charge is 0.378 e. The molecule has 102 valence electrons. The maximum absolute atomic E-state index is 11.0. The van der Waals surface area contributed by atoms with E-state index in [-0.39, 0.29) is 16.0 Å². The molecule has 0 atom stereocenters. The molecule has 6 nitrogen and oxygen atoms in total. The van der Waals surface area contributed by atoms with Crippen LogP contribution in [0.25, 0.3) is 0 Å². The van der Waals surface area contributed by atoms with Crippen molar-refractivity contribution < 1.29 is 9.72 Å². The van der Waals surface area contributed by atoms with E-state index in [2.05, 4.69) is 5.32 Å². The average Bonchev–Trinajstić information content (AvgIpc) is 3.16. The number of hydrogen-bond donors (Lipinski definition) is 2. The fourth-order valence-corrected chi connectivity index (χ4v) is 2.56. The molecule has 0 aromatic heterocycles. The number of nitrogens with zero attached hydrogens (tertiary/aromatic N) is 1. The summed E-state index contributed by atoms with van der Waals surface area (Å²) >= 11 is 1.77. The van der Waals surface area contributed by atoms with Gasteiger partial charge in [0, 0.05) is 22.9 Å². The Labute approximate surface area is 114 Å². The molecular formula is C12H15N3O3S. The Morgan fingerprint density at radius 3 is 2.74 bits per heavy atom. The van der Waals surface area contributed by atoms with Gasteiger partial charge in [-0.1, -0.05) is 0 Å². The van der Waals surface area contributed by atoms with E-state index in [1.807, 2.05) is 6.26 Å². The molecular weight excluding hydrogens is 266 g/mol. The van der Waals surface area contributed by atoms with Gasteiger partial charge in [0.25, 0.3) is 5.69 Å². The Bertz CT molecular complexity index is 529. The maximum Gasteiger partial charge on any atom is 0.293 e. The number of rotatable bonds is 6. The Morgan fingerprint density at radius 2 is 2.26 bits per heavy atom. The first-order valence-corrected chi connectivity index (χ1v) is 7.07. The van der Waals surface area contributed by atoms with Gasteiger partial charge in [-0.15, -0.1) is 0 Å². The number of carbonyl (C=O) groups is 1. The smallest absolute Gasteiger partial charge is 0.293 e. The van der Waals surface area contributed by atoms with Crippen LogP contribution in [-0.4, -0.2) is 28.4 Å². The zero-order valence-electron chi connectivity index (χ0n) is 10.5. The lowest BCUT2D eigenvalue weighted by Gasteiger charge is -2.14. The number of hydrogen-bond acceptors (Lipinski definition) is 5. The van der Waals surface area contributed by atoms with Crippen LogP contribution in [0.1, 0.15) is 23.2 Å². The summed E-state index contributed by atoms with van der Waals surface area (Å²) in [7, 11) is 0. The Morgan fingerprint density at radius 1 is 1.58 bits per heavy atom. The summed E-state index contributed by atoms with van der Waals surface area (Å²) in [6, 6.07) is 4.24. The van der Waals surface area contributed by atoms with Crippen LogP contribution in [0.15, 0.2) is 18.2 Å². The summed E-state index contributed by atoms with van der Waals surface area (Å²) in [5, 5.41) is 14.1. The molecule has 0 aliphatic heterocycles. The van der Waals surface area contributed by atoms with Crippen molar-refractivity contribution in [1.29, 1.82) is 0 Å². The number of nitro groups is 1. The molecule has 1 aliphatic carbocycles. The van der Waals surface area contributed by atoms with Crippen LogP contribution in [0.3, 0.4) is 0 Å². The number of benzene rings is 1. The third kappa shape index (κ3) is 2.98. The molecule has 3 N–H and O–H groups in total. The van der Waals surface area contributed by atoms with Gasteiger partial charge in [0.1, 0.15) is 5.69 Å². The lowest BCUT2D eigenvalue weighted by Crippen LogP contribution is -2.18. The number of nitro benzene ring substituents is 1. The first-order chi connectivity index (χ1) is 8.97. The number of amides is 1. The minimum Gasteiger partial charge on any atom is -0.378 e. The zero-order valence-corrected chi connectivity index (χ0v) is 11.3. The van der Waals surface area contributed by atoms with Crippen molar-refractivity contribution in [2.45, 2.75) is 17.6 Å². The molecule has 0 bridgehead atoms. The van der Waals surface area contributed by atoms with E-state index in [0.717, 1.165) is 12.8 Å². The molecule has 1 saturated carbocycles. The third-order valence-corrected chi connectivity index (χ3v) is 4.74. The van der Waals surface area contributed by atoms with Gasteiger partial charge in [-0.25, -0.2) is 0 Å². The van der Waals surface area contributed by atoms with Gasteiger partial charge in [0.15, 0.2) is 0 Å². The predicted octanol–water partition coefficient (Wildman–Crippen LogP) is 2.00. The highest BCUT2D eigenvalue weighted by Gasteiger charge is 2.41. The molecule has 1 aromatic carbocycles. The van der Waals surface area contributed by atoms with Crippen molar-refractivity contribution >= 4 is 29.0 Å². The molecule has 7 heteroatoms. The van der Waals surface area contributed by atoms with E-state index >= 15 is 0 Å². The number of thioether (sulfide) groups is 1. The van der Waals surface area contributed by atoms with E-state index in [1.165, 1.54) is 18.2 Å². The highest BCUT2D eigenvalue weighted by molar-refractivity contribution is 8.00. The van der Waals surface area contributed by atoms with Gasteiger partial charge in [-0.2, -0.15) is 11.8 Å². The summed E-state index contributed by atoms with van der Waals surface area (Å²) in [6.45, 7) is 0.685. The molecule has 1 aliphatic rings. The fraction of sp³-hybridized carbons (Fsp3) is 0.417. The van der Waals surface area contributed by atoms with Crippen molar-refractivity contribution in [3.05, 3.63) is 33.9 Å². The van der Waals surface area contributed by atoms with E-state index in [9.17, 15) is 14.9 Å². The van der Waals surface area contributed by atoms with Crippen LogP contribution in [-0.2, 0) is 0 Å². The molecule has 0 heterocycles.